The topological polar surface area (TPSA) is 87.7 Å². The Labute approximate surface area is 165 Å². The molecule has 9 heteroatoms. The standard InChI is InChI=1S/C18H26ClN3O4S/c1-4-13-10-16(17(26-3)11-15(13)19)20-12-18(23)22-8-6-14(7-9-22)21-27(24,25)5-2/h5,10-11,14,20-21H,2,4,6-9,12H2,1,3H3. The Morgan fingerprint density at radius 2 is 2.07 bits per heavy atom. The number of hydrogen-bond donors (Lipinski definition) is 2. The molecule has 0 bridgehead atoms. The number of hydrogen-bond acceptors (Lipinski definition) is 5. The molecule has 27 heavy (non-hydrogen) atoms. The van der Waals surface area contributed by atoms with Crippen molar-refractivity contribution >= 4 is 33.2 Å². The van der Waals surface area contributed by atoms with Crippen molar-refractivity contribution in [2.24, 2.45) is 0 Å². The van der Waals surface area contributed by atoms with Gasteiger partial charge < -0.3 is 15.0 Å². The zero-order chi connectivity index (χ0) is 20.0. The molecule has 1 aliphatic heterocycles. The molecule has 2 rings (SSSR count). The van der Waals surface area contributed by atoms with Crippen LogP contribution in [0.1, 0.15) is 25.3 Å². The molecule has 7 nitrogen and oxygen atoms in total. The number of piperidine rings is 1. The highest BCUT2D eigenvalue weighted by Crippen LogP contribution is 2.31. The van der Waals surface area contributed by atoms with Crippen LogP contribution in [0.3, 0.4) is 0 Å². The Kier molecular flexibility index (Phi) is 7.52. The van der Waals surface area contributed by atoms with Crippen LogP contribution in [0.25, 0.3) is 0 Å². The molecule has 150 valence electrons. The van der Waals surface area contributed by atoms with Crippen molar-refractivity contribution in [1.82, 2.24) is 9.62 Å². The van der Waals surface area contributed by atoms with Gasteiger partial charge in [-0.05, 0) is 30.9 Å². The van der Waals surface area contributed by atoms with E-state index in [0.29, 0.717) is 36.7 Å². The third-order valence-electron chi connectivity index (χ3n) is 4.58. The molecule has 0 saturated carbocycles. The fraction of sp³-hybridized carbons (Fsp3) is 0.500. The molecule has 0 radical (unpaired) electrons. The van der Waals surface area contributed by atoms with E-state index in [1.807, 2.05) is 13.0 Å². The van der Waals surface area contributed by atoms with Crippen molar-refractivity contribution in [2.75, 3.05) is 32.1 Å². The number of amides is 1. The van der Waals surface area contributed by atoms with Crippen LogP contribution in [0.15, 0.2) is 24.1 Å². The molecule has 1 saturated heterocycles. The summed E-state index contributed by atoms with van der Waals surface area (Å²) in [6.45, 7) is 6.43. The lowest BCUT2D eigenvalue weighted by atomic mass is 10.1. The van der Waals surface area contributed by atoms with E-state index in [0.717, 1.165) is 23.1 Å². The van der Waals surface area contributed by atoms with Gasteiger partial charge in [0.1, 0.15) is 5.75 Å². The van der Waals surface area contributed by atoms with Crippen molar-refractivity contribution in [3.63, 3.8) is 0 Å². The molecular formula is C18H26ClN3O4S. The maximum absolute atomic E-state index is 12.5. The van der Waals surface area contributed by atoms with Gasteiger partial charge in [0.2, 0.25) is 15.9 Å². The van der Waals surface area contributed by atoms with Crippen LogP contribution in [0.5, 0.6) is 5.75 Å². The summed E-state index contributed by atoms with van der Waals surface area (Å²) in [4.78, 5) is 14.2. The first kappa shape index (κ1) is 21.5. The molecule has 2 N–H and O–H groups in total. The summed E-state index contributed by atoms with van der Waals surface area (Å²) in [5, 5.41) is 4.66. The highest BCUT2D eigenvalue weighted by Gasteiger charge is 2.25. The zero-order valence-corrected chi connectivity index (χ0v) is 17.2. The second-order valence-electron chi connectivity index (χ2n) is 6.34. The van der Waals surface area contributed by atoms with Gasteiger partial charge in [-0.3, -0.25) is 4.79 Å². The molecule has 1 aromatic carbocycles. The van der Waals surface area contributed by atoms with Crippen molar-refractivity contribution in [2.45, 2.75) is 32.2 Å². The van der Waals surface area contributed by atoms with Crippen LogP contribution in [-0.2, 0) is 21.2 Å². The summed E-state index contributed by atoms with van der Waals surface area (Å²) in [6, 6.07) is 3.46. The quantitative estimate of drug-likeness (QED) is 0.680. The van der Waals surface area contributed by atoms with Gasteiger partial charge in [0.05, 0.1) is 19.3 Å². The number of rotatable bonds is 8. The second kappa shape index (κ2) is 9.43. The summed E-state index contributed by atoms with van der Waals surface area (Å²) in [6.07, 6.45) is 1.92. The van der Waals surface area contributed by atoms with Gasteiger partial charge in [-0.15, -0.1) is 0 Å². The van der Waals surface area contributed by atoms with Crippen LogP contribution in [-0.4, -0.2) is 52.0 Å². The SMILES string of the molecule is C=CS(=O)(=O)NC1CCN(C(=O)CNc2cc(CC)c(Cl)cc2OC)CC1. The number of anilines is 1. The summed E-state index contributed by atoms with van der Waals surface area (Å²) in [5.74, 6) is 0.539. The van der Waals surface area contributed by atoms with Gasteiger partial charge in [-0.25, -0.2) is 13.1 Å². The minimum atomic E-state index is -3.45. The molecular weight excluding hydrogens is 390 g/mol. The van der Waals surface area contributed by atoms with E-state index in [4.69, 9.17) is 16.3 Å². The largest absolute Gasteiger partial charge is 0.495 e. The molecule has 1 aliphatic rings. The molecule has 0 aliphatic carbocycles. The van der Waals surface area contributed by atoms with Crippen LogP contribution >= 0.6 is 11.6 Å². The fourth-order valence-corrected chi connectivity index (χ4v) is 4.07. The number of methoxy groups -OCH3 is 1. The van der Waals surface area contributed by atoms with E-state index < -0.39 is 10.0 Å². The molecule has 0 atom stereocenters. The number of carbonyl (C=O) groups excluding carboxylic acids is 1. The van der Waals surface area contributed by atoms with E-state index in [-0.39, 0.29) is 18.5 Å². The molecule has 0 unspecified atom stereocenters. The summed E-state index contributed by atoms with van der Waals surface area (Å²) >= 11 is 6.20. The van der Waals surface area contributed by atoms with Gasteiger partial charge in [-0.1, -0.05) is 25.1 Å². The highest BCUT2D eigenvalue weighted by atomic mass is 35.5. The van der Waals surface area contributed by atoms with Gasteiger partial charge in [0.25, 0.3) is 0 Å². The Morgan fingerprint density at radius 3 is 2.63 bits per heavy atom. The monoisotopic (exact) mass is 415 g/mol. The van der Waals surface area contributed by atoms with Crippen molar-refractivity contribution in [1.29, 1.82) is 0 Å². The Balaban J connectivity index is 1.91. The number of nitrogens with zero attached hydrogens (tertiary/aromatic N) is 1. The van der Waals surface area contributed by atoms with E-state index in [1.54, 1.807) is 18.1 Å². The van der Waals surface area contributed by atoms with E-state index in [1.165, 1.54) is 0 Å². The Hall–Kier alpha value is -1.77. The Bertz CT molecular complexity index is 790. The lowest BCUT2D eigenvalue weighted by Crippen LogP contribution is -2.47. The van der Waals surface area contributed by atoms with Gasteiger partial charge in [0.15, 0.2) is 0 Å². The molecule has 1 amide bonds. The normalized spacial score (nSPS) is 15.4. The highest BCUT2D eigenvalue weighted by molar-refractivity contribution is 7.92. The number of sulfonamides is 1. The maximum Gasteiger partial charge on any atom is 0.241 e. The first-order valence-electron chi connectivity index (χ1n) is 8.82. The minimum absolute atomic E-state index is 0.0462. The smallest absolute Gasteiger partial charge is 0.241 e. The first-order chi connectivity index (χ1) is 12.8. The number of benzene rings is 1. The average Bonchev–Trinajstić information content (AvgIpc) is 2.66. The van der Waals surface area contributed by atoms with Crippen LogP contribution in [0, 0.1) is 0 Å². The zero-order valence-electron chi connectivity index (χ0n) is 15.6. The average molecular weight is 416 g/mol. The molecule has 1 aromatic rings. The van der Waals surface area contributed by atoms with Gasteiger partial charge in [0, 0.05) is 35.6 Å². The number of halogens is 1. The number of likely N-dealkylation sites (tertiary alicyclic amines) is 1. The fourth-order valence-electron chi connectivity index (χ4n) is 2.99. The van der Waals surface area contributed by atoms with E-state index in [9.17, 15) is 13.2 Å². The lowest BCUT2D eigenvalue weighted by molar-refractivity contribution is -0.130. The predicted octanol–water partition coefficient (Wildman–Crippen LogP) is 2.38. The van der Waals surface area contributed by atoms with Crippen LogP contribution in [0.4, 0.5) is 5.69 Å². The number of carbonyl (C=O) groups is 1. The predicted molar refractivity (Wildman–Crippen MR) is 108 cm³/mol. The third kappa shape index (κ3) is 5.85. The third-order valence-corrected chi connectivity index (χ3v) is 6.03. The molecule has 0 spiro atoms. The number of ether oxygens (including phenoxy) is 1. The van der Waals surface area contributed by atoms with Crippen molar-refractivity contribution in [3.8, 4) is 5.75 Å². The van der Waals surface area contributed by atoms with Gasteiger partial charge >= 0.3 is 0 Å². The lowest BCUT2D eigenvalue weighted by Gasteiger charge is -2.32. The van der Waals surface area contributed by atoms with Gasteiger partial charge in [-0.2, -0.15) is 0 Å². The summed E-state index contributed by atoms with van der Waals surface area (Å²) in [7, 11) is -1.89. The molecule has 0 aromatic heterocycles. The van der Waals surface area contributed by atoms with Crippen molar-refractivity contribution < 1.29 is 17.9 Å². The number of nitrogens with one attached hydrogen (secondary N) is 2. The summed E-state index contributed by atoms with van der Waals surface area (Å²) < 4.78 is 31.0. The van der Waals surface area contributed by atoms with E-state index >= 15 is 0 Å². The van der Waals surface area contributed by atoms with E-state index in [2.05, 4.69) is 16.6 Å². The molecule has 1 heterocycles. The minimum Gasteiger partial charge on any atom is -0.495 e. The molecule has 1 fully saturated rings. The van der Waals surface area contributed by atoms with Crippen LogP contribution in [0.2, 0.25) is 5.02 Å². The second-order valence-corrected chi connectivity index (χ2v) is 8.40. The summed E-state index contributed by atoms with van der Waals surface area (Å²) in [5.41, 5.74) is 1.70. The van der Waals surface area contributed by atoms with Crippen LogP contribution < -0.4 is 14.8 Å². The van der Waals surface area contributed by atoms with Crippen molar-refractivity contribution in [3.05, 3.63) is 34.7 Å². The number of aryl methyl sites for hydroxylation is 1. The first-order valence-corrected chi connectivity index (χ1v) is 10.7. The maximum atomic E-state index is 12.5. The Morgan fingerprint density at radius 1 is 1.41 bits per heavy atom.